The van der Waals surface area contributed by atoms with E-state index >= 15 is 0 Å². The van der Waals surface area contributed by atoms with Gasteiger partial charge in [-0.25, -0.2) is 9.97 Å². The molecule has 2 N–H and O–H groups in total. The summed E-state index contributed by atoms with van der Waals surface area (Å²) in [5.41, 5.74) is 5.46. The van der Waals surface area contributed by atoms with Crippen molar-refractivity contribution < 1.29 is 9.47 Å². The summed E-state index contributed by atoms with van der Waals surface area (Å²) in [6, 6.07) is 11.5. The lowest BCUT2D eigenvalue weighted by atomic mass is 9.69. The van der Waals surface area contributed by atoms with Crippen molar-refractivity contribution in [3.8, 4) is 57.7 Å². The number of benzene rings is 2. The Hall–Kier alpha value is -3.74. The minimum atomic E-state index is -0.0538. The van der Waals surface area contributed by atoms with Gasteiger partial charge in [-0.3, -0.25) is 9.97 Å². The molecule has 0 atom stereocenters. The average Bonchev–Trinajstić information content (AvgIpc) is 2.99. The average molecular weight is 604 g/mol. The monoisotopic (exact) mass is 602 g/mol. The third-order valence-corrected chi connectivity index (χ3v) is 8.38. The third-order valence-electron chi connectivity index (χ3n) is 7.57. The minimum Gasteiger partial charge on any atom is -0.480 e. The number of aromatic nitrogens is 4. The van der Waals surface area contributed by atoms with E-state index in [1.165, 1.54) is 6.42 Å². The van der Waals surface area contributed by atoms with Crippen LogP contribution in [0.5, 0.6) is 11.8 Å². The molecule has 216 valence electrons. The minimum absolute atomic E-state index is 0.0538. The van der Waals surface area contributed by atoms with E-state index in [9.17, 15) is 0 Å². The number of nitrogens with one attached hydrogen (secondary N) is 2. The van der Waals surface area contributed by atoms with Crippen molar-refractivity contribution in [2.24, 2.45) is 5.41 Å². The predicted molar refractivity (Wildman–Crippen MR) is 167 cm³/mol. The first-order valence-electron chi connectivity index (χ1n) is 13.6. The summed E-state index contributed by atoms with van der Waals surface area (Å²) < 4.78 is 11.1. The first kappa shape index (κ1) is 29.7. The Kier molecular flexibility index (Phi) is 9.24. The Morgan fingerprint density at radius 2 is 1.33 bits per heavy atom. The van der Waals surface area contributed by atoms with E-state index < -0.39 is 0 Å². The summed E-state index contributed by atoms with van der Waals surface area (Å²) >= 11 is 14.0. The largest absolute Gasteiger partial charge is 0.480 e. The molecule has 5 rings (SSSR count). The molecule has 1 aliphatic carbocycles. The van der Waals surface area contributed by atoms with Gasteiger partial charge in [0.15, 0.2) is 0 Å². The van der Waals surface area contributed by atoms with Gasteiger partial charge in [0.1, 0.15) is 11.4 Å². The highest BCUT2D eigenvalue weighted by Crippen LogP contribution is 2.42. The van der Waals surface area contributed by atoms with E-state index in [-0.39, 0.29) is 5.41 Å². The zero-order valence-corrected chi connectivity index (χ0v) is 25.3. The van der Waals surface area contributed by atoms with E-state index in [0.717, 1.165) is 30.5 Å². The van der Waals surface area contributed by atoms with Gasteiger partial charge in [-0.1, -0.05) is 71.9 Å². The van der Waals surface area contributed by atoms with Crippen molar-refractivity contribution in [1.29, 1.82) is 0 Å². The number of hydrogen-bond donors (Lipinski definition) is 2. The fourth-order valence-electron chi connectivity index (χ4n) is 5.06. The predicted octanol–water partition coefficient (Wildman–Crippen LogP) is 6.20. The van der Waals surface area contributed by atoms with Crippen molar-refractivity contribution in [1.82, 2.24) is 30.6 Å². The van der Waals surface area contributed by atoms with Crippen LogP contribution in [0.15, 0.2) is 48.8 Å². The number of nitrogens with zero attached hydrogens (tertiary/aromatic N) is 4. The van der Waals surface area contributed by atoms with Crippen LogP contribution in [0.2, 0.25) is 10.0 Å². The van der Waals surface area contributed by atoms with Gasteiger partial charge in [0.05, 0.1) is 48.0 Å². The summed E-state index contributed by atoms with van der Waals surface area (Å²) in [5, 5.41) is 7.48. The summed E-state index contributed by atoms with van der Waals surface area (Å²) in [7, 11) is 4.99. The number of rotatable bonds is 11. The number of methoxy groups -OCH3 is 2. The first-order chi connectivity index (χ1) is 20.4. The SMILES string of the molecule is C#CC1(CNCc2ncc(-c3cccc(-c4cccc(-c5cnc(CNC)c(OC)n5)c4Cl)c3Cl)nc2OC)CCC1. The molecule has 0 aliphatic heterocycles. The van der Waals surface area contributed by atoms with Crippen LogP contribution in [0.4, 0.5) is 0 Å². The Labute approximate surface area is 256 Å². The van der Waals surface area contributed by atoms with Crippen molar-refractivity contribution in [3.05, 3.63) is 70.2 Å². The van der Waals surface area contributed by atoms with Gasteiger partial charge in [0.25, 0.3) is 0 Å². The van der Waals surface area contributed by atoms with Gasteiger partial charge >= 0.3 is 0 Å². The lowest BCUT2D eigenvalue weighted by molar-refractivity contribution is 0.209. The fraction of sp³-hybridized carbons (Fsp3) is 0.312. The molecule has 0 unspecified atom stereocenters. The van der Waals surface area contributed by atoms with E-state index in [4.69, 9.17) is 44.1 Å². The van der Waals surface area contributed by atoms with Gasteiger partial charge in [0, 0.05) is 47.3 Å². The van der Waals surface area contributed by atoms with Crippen molar-refractivity contribution in [3.63, 3.8) is 0 Å². The smallest absolute Gasteiger partial charge is 0.237 e. The Morgan fingerprint density at radius 1 is 0.833 bits per heavy atom. The van der Waals surface area contributed by atoms with Crippen LogP contribution in [0, 0.1) is 17.8 Å². The molecule has 1 saturated carbocycles. The highest BCUT2D eigenvalue weighted by Gasteiger charge is 2.34. The van der Waals surface area contributed by atoms with Gasteiger partial charge < -0.3 is 20.1 Å². The maximum atomic E-state index is 7.01. The zero-order chi connectivity index (χ0) is 29.7. The second kappa shape index (κ2) is 13.1. The molecule has 4 aromatic rings. The van der Waals surface area contributed by atoms with Crippen LogP contribution in [-0.2, 0) is 13.1 Å². The third kappa shape index (κ3) is 5.92. The number of hydrogen-bond acceptors (Lipinski definition) is 8. The maximum Gasteiger partial charge on any atom is 0.237 e. The van der Waals surface area contributed by atoms with Crippen LogP contribution in [0.3, 0.4) is 0 Å². The molecule has 10 heteroatoms. The number of halogens is 2. The summed E-state index contributed by atoms with van der Waals surface area (Å²) in [6.07, 6.45) is 12.4. The van der Waals surface area contributed by atoms with Crippen molar-refractivity contribution >= 4 is 23.2 Å². The second-order valence-electron chi connectivity index (χ2n) is 10.2. The molecule has 2 heterocycles. The molecule has 1 aliphatic rings. The number of ether oxygens (including phenoxy) is 2. The molecule has 8 nitrogen and oxygen atoms in total. The first-order valence-corrected chi connectivity index (χ1v) is 14.4. The summed E-state index contributed by atoms with van der Waals surface area (Å²) in [5.74, 6) is 3.81. The molecular weight excluding hydrogens is 571 g/mol. The van der Waals surface area contributed by atoms with E-state index in [2.05, 4.69) is 31.5 Å². The molecule has 0 spiro atoms. The topological polar surface area (TPSA) is 94.1 Å². The van der Waals surface area contributed by atoms with Gasteiger partial charge in [-0.15, -0.1) is 6.42 Å². The molecular formula is C32H32Cl2N6O2. The molecule has 0 amide bonds. The van der Waals surface area contributed by atoms with Crippen LogP contribution in [-0.4, -0.2) is 47.7 Å². The number of terminal acetylenes is 1. The maximum absolute atomic E-state index is 7.01. The molecule has 42 heavy (non-hydrogen) atoms. The Bertz CT molecular complexity index is 1630. The van der Waals surface area contributed by atoms with Crippen LogP contribution in [0.1, 0.15) is 30.7 Å². The van der Waals surface area contributed by atoms with E-state index in [0.29, 0.717) is 68.8 Å². The molecule has 0 saturated heterocycles. The van der Waals surface area contributed by atoms with E-state index in [1.54, 1.807) is 26.6 Å². The van der Waals surface area contributed by atoms with E-state index in [1.807, 2.05) is 43.4 Å². The van der Waals surface area contributed by atoms with Crippen LogP contribution in [0.25, 0.3) is 33.6 Å². The normalized spacial score (nSPS) is 13.7. The van der Waals surface area contributed by atoms with Crippen molar-refractivity contribution in [2.75, 3.05) is 27.8 Å². The molecule has 2 aromatic carbocycles. The van der Waals surface area contributed by atoms with Crippen LogP contribution < -0.4 is 20.1 Å². The van der Waals surface area contributed by atoms with Crippen molar-refractivity contribution in [2.45, 2.75) is 32.4 Å². The van der Waals surface area contributed by atoms with Crippen LogP contribution >= 0.6 is 23.2 Å². The summed E-state index contributed by atoms with van der Waals surface area (Å²) in [6.45, 7) is 1.77. The molecule has 0 bridgehead atoms. The summed E-state index contributed by atoms with van der Waals surface area (Å²) in [4.78, 5) is 18.6. The van der Waals surface area contributed by atoms with Gasteiger partial charge in [-0.2, -0.15) is 0 Å². The molecule has 1 fully saturated rings. The Balaban J connectivity index is 1.44. The second-order valence-corrected chi connectivity index (χ2v) is 10.9. The van der Waals surface area contributed by atoms with Gasteiger partial charge in [0.2, 0.25) is 11.8 Å². The fourth-order valence-corrected chi connectivity index (χ4v) is 5.71. The molecule has 2 aromatic heterocycles. The van der Waals surface area contributed by atoms with Gasteiger partial charge in [-0.05, 0) is 19.9 Å². The lowest BCUT2D eigenvalue weighted by Gasteiger charge is -2.37. The highest BCUT2D eigenvalue weighted by molar-refractivity contribution is 6.39. The Morgan fingerprint density at radius 3 is 1.76 bits per heavy atom. The zero-order valence-electron chi connectivity index (χ0n) is 23.8. The quantitative estimate of drug-likeness (QED) is 0.196. The standard InChI is InChI=1S/C32H32Cl2N6O2/c1-5-32(13-8-14-32)19-36-16-27-31(42-4)40-25(18-38-27)23-12-7-10-21(29(23)34)20-9-6-11-22(28(20)33)24-17-37-26(15-35-2)30(39-24)41-3/h1,6-7,9-12,17-18,35-36H,8,13-16,19H2,2-4H3. The lowest BCUT2D eigenvalue weighted by Crippen LogP contribution is -2.38. The highest BCUT2D eigenvalue weighted by atomic mass is 35.5. The molecule has 0 radical (unpaired) electrons.